The van der Waals surface area contributed by atoms with Crippen LogP contribution in [0, 0.1) is 35.5 Å². The van der Waals surface area contributed by atoms with Gasteiger partial charge in [0.15, 0.2) is 23.4 Å². The normalized spacial score (nSPS) is 19.3. The fraction of sp³-hybridized carbons (Fsp3) is 0.625. The van der Waals surface area contributed by atoms with Crippen LogP contribution in [0.4, 0.5) is 14.4 Å². The molecule has 532 valence electrons. The topological polar surface area (TPSA) is 230 Å². The molecule has 3 amide bonds. The number of ketones is 3. The maximum Gasteiger partial charge on any atom is 0.413 e. The summed E-state index contributed by atoms with van der Waals surface area (Å²) in [5.74, 6) is -1.59. The summed E-state index contributed by atoms with van der Waals surface area (Å²) in [5.41, 5.74) is -1.60. The van der Waals surface area contributed by atoms with E-state index in [0.717, 1.165) is 96.3 Å². The molecule has 6 rings (SSSR count). The van der Waals surface area contributed by atoms with E-state index in [9.17, 15) is 43.2 Å². The number of carboxylic acid groups (broad SMARTS) is 1. The molecule has 95 heavy (non-hydrogen) atoms. The summed E-state index contributed by atoms with van der Waals surface area (Å²) < 4.78 is 25.8. The van der Waals surface area contributed by atoms with Gasteiger partial charge in [0.1, 0.15) is 16.6 Å². The number of ether oxygens (including phenoxy) is 5. The highest BCUT2D eigenvalue weighted by Crippen LogP contribution is 2.45. The van der Waals surface area contributed by atoms with Gasteiger partial charge in [-0.15, -0.1) is 12.4 Å². The molecule has 6 atom stereocenters. The molecule has 0 saturated heterocycles. The largest absolute Gasteiger partial charge is 0.481 e. The van der Waals surface area contributed by atoms with E-state index in [1.165, 1.54) is 28.8 Å². The molecule has 3 aromatic carbocycles. The Morgan fingerprint density at radius 1 is 0.453 bits per heavy atom. The number of alkyl halides is 1. The SMILES string of the molecule is CCCC[C@H](C(=O)O)C(C)C.CCCC[C@H](C(=O)OCOC(=O)N(C)[C@]1(c2ccccc2Cl)CCCCC1=O)C(C)C.CCCC[C@H](C(=O)OCOC(=O)N(C)[C@]1(c2ccccc2Cl)CCCCC1=O)C(C)C.CN(C(=O)OCCl)[C@]1(c2ccccc2Cl)CCCCC1=O.Cl. The van der Waals surface area contributed by atoms with E-state index in [4.69, 9.17) is 75.2 Å². The van der Waals surface area contributed by atoms with Crippen molar-refractivity contribution in [3.05, 3.63) is 105 Å². The number of unbranched alkanes of at least 4 members (excludes halogenated alkanes) is 3. The first kappa shape index (κ1) is 85.4. The molecule has 0 unspecified atom stereocenters. The first-order chi connectivity index (χ1) is 44.6. The molecular weight excluding hydrogens is 1320 g/mol. The summed E-state index contributed by atoms with van der Waals surface area (Å²) in [6.07, 6.45) is 13.6. The highest BCUT2D eigenvalue weighted by molar-refractivity contribution is 6.32. The number of carbonyl (C=O) groups is 9. The smallest absolute Gasteiger partial charge is 0.413 e. The molecule has 0 aliphatic heterocycles. The van der Waals surface area contributed by atoms with Crippen molar-refractivity contribution >= 4 is 112 Å². The van der Waals surface area contributed by atoms with E-state index in [-0.39, 0.29) is 83.3 Å². The van der Waals surface area contributed by atoms with Crippen LogP contribution in [0.2, 0.25) is 15.1 Å². The van der Waals surface area contributed by atoms with Crippen LogP contribution in [-0.2, 0) is 69.1 Å². The fourth-order valence-corrected chi connectivity index (χ4v) is 13.6. The lowest BCUT2D eigenvalue weighted by atomic mass is 9.74. The van der Waals surface area contributed by atoms with Crippen molar-refractivity contribution in [2.24, 2.45) is 35.5 Å². The molecule has 18 nitrogen and oxygen atoms in total. The fourth-order valence-electron chi connectivity index (χ4n) is 12.6. The second kappa shape index (κ2) is 42.9. The summed E-state index contributed by atoms with van der Waals surface area (Å²) in [7, 11) is 4.63. The number of carbonyl (C=O) groups excluding carboxylic acids is 8. The third kappa shape index (κ3) is 23.2. The van der Waals surface area contributed by atoms with Crippen LogP contribution in [0.15, 0.2) is 72.8 Å². The number of benzene rings is 3. The standard InChI is InChI=1S/2C24H34ClNO5.C15H17Cl2NO3.C9H18O2.ClH/c2*1-5-6-11-18(17(2)3)22(28)30-16-31-23(29)26(4)24(15-10-9-14-21(24)27)19-12-7-8-13-20(19)25;1-18(14(20)21-10-16)15(9-5-4-8-13(15)19)11-6-2-3-7-12(11)17;1-4-5-6-8(7(2)3)9(10)11;/h2*7-8,12-13,17-18H,5-6,9-11,14-16H2,1-4H3;2-3,6-7H,4-5,8-10H2,1H3;7-8H,4-6H2,1-3H3,(H,10,11);1H/t2*18-,24-;15-;8-;/m0000./s1. The van der Waals surface area contributed by atoms with Crippen LogP contribution in [0.5, 0.6) is 0 Å². The van der Waals surface area contributed by atoms with Gasteiger partial charge in [-0.1, -0.05) is 202 Å². The van der Waals surface area contributed by atoms with Gasteiger partial charge in [0.2, 0.25) is 13.6 Å². The van der Waals surface area contributed by atoms with Crippen LogP contribution in [0.3, 0.4) is 0 Å². The van der Waals surface area contributed by atoms with Gasteiger partial charge >= 0.3 is 36.2 Å². The minimum atomic E-state index is -1.18. The first-order valence-corrected chi connectivity index (χ1v) is 35.0. The molecular formula is C72H104Cl5N3O15. The number of hydrogen-bond donors (Lipinski definition) is 1. The number of carboxylic acids is 1. The second-order valence-corrected chi connectivity index (χ2v) is 26.8. The van der Waals surface area contributed by atoms with Crippen molar-refractivity contribution in [2.45, 2.75) is 214 Å². The number of aliphatic carboxylic acids is 1. The lowest BCUT2D eigenvalue weighted by molar-refractivity contribution is -0.161. The third-order valence-corrected chi connectivity index (χ3v) is 19.4. The van der Waals surface area contributed by atoms with Gasteiger partial charge in [-0.05, 0) is 113 Å². The predicted molar refractivity (Wildman–Crippen MR) is 374 cm³/mol. The molecule has 3 aromatic rings. The van der Waals surface area contributed by atoms with Gasteiger partial charge < -0.3 is 28.8 Å². The zero-order chi connectivity index (χ0) is 70.3. The number of nitrogens with zero attached hydrogens (tertiary/aromatic N) is 3. The number of rotatable bonds is 26. The Kier molecular flexibility index (Phi) is 38.6. The Balaban J connectivity index is 0.000000453. The minimum absolute atomic E-state index is 0. The molecule has 3 aliphatic carbocycles. The Bertz CT molecular complexity index is 2820. The quantitative estimate of drug-likeness (QED) is 0.0341. The van der Waals surface area contributed by atoms with Gasteiger partial charge in [-0.2, -0.15) is 0 Å². The van der Waals surface area contributed by atoms with E-state index in [0.29, 0.717) is 70.3 Å². The molecule has 0 radical (unpaired) electrons. The van der Waals surface area contributed by atoms with Crippen LogP contribution in [-0.4, -0.2) is 114 Å². The average Bonchev–Trinajstić information content (AvgIpc) is 0.777. The number of halogens is 5. The van der Waals surface area contributed by atoms with E-state index >= 15 is 0 Å². The Labute approximate surface area is 590 Å². The first-order valence-electron chi connectivity index (χ1n) is 33.3. The van der Waals surface area contributed by atoms with Crippen molar-refractivity contribution in [1.82, 2.24) is 14.7 Å². The molecule has 1 N–H and O–H groups in total. The molecule has 0 spiro atoms. The molecule has 3 saturated carbocycles. The van der Waals surface area contributed by atoms with E-state index in [1.807, 2.05) is 47.6 Å². The van der Waals surface area contributed by atoms with Gasteiger partial charge in [0, 0.05) is 72.2 Å². The lowest BCUT2D eigenvalue weighted by Gasteiger charge is -2.43. The van der Waals surface area contributed by atoms with Crippen molar-refractivity contribution in [3.63, 3.8) is 0 Å². The minimum Gasteiger partial charge on any atom is -0.481 e. The van der Waals surface area contributed by atoms with Gasteiger partial charge in [0.05, 0.1) is 17.8 Å². The summed E-state index contributed by atoms with van der Waals surface area (Å²) in [6, 6.07) is 21.0. The van der Waals surface area contributed by atoms with Crippen molar-refractivity contribution in [2.75, 3.05) is 40.8 Å². The van der Waals surface area contributed by atoms with Crippen molar-refractivity contribution < 1.29 is 71.9 Å². The van der Waals surface area contributed by atoms with E-state index < -0.39 is 54.5 Å². The lowest BCUT2D eigenvalue weighted by Crippen LogP contribution is -2.54. The van der Waals surface area contributed by atoms with E-state index in [2.05, 4.69) is 20.8 Å². The number of likely N-dealkylation sites (N-methyl/N-ethyl adjacent to an activating group) is 3. The molecule has 0 aromatic heterocycles. The zero-order valence-electron chi connectivity index (χ0n) is 57.8. The average molecular weight is 1430 g/mol. The van der Waals surface area contributed by atoms with Crippen molar-refractivity contribution in [3.8, 4) is 0 Å². The van der Waals surface area contributed by atoms with Gasteiger partial charge in [0.25, 0.3) is 0 Å². The number of esters is 2. The maximum absolute atomic E-state index is 13.1. The number of hydrogen-bond acceptors (Lipinski definition) is 14. The van der Waals surface area contributed by atoms with Crippen LogP contribution < -0.4 is 0 Å². The van der Waals surface area contributed by atoms with Crippen LogP contribution in [0.25, 0.3) is 0 Å². The Morgan fingerprint density at radius 2 is 0.726 bits per heavy atom. The second-order valence-electron chi connectivity index (χ2n) is 25.4. The van der Waals surface area contributed by atoms with Crippen LogP contribution in [0.1, 0.15) is 214 Å². The highest BCUT2D eigenvalue weighted by Gasteiger charge is 2.51. The molecule has 3 fully saturated rings. The maximum atomic E-state index is 13.1. The predicted octanol–water partition coefficient (Wildman–Crippen LogP) is 18.3. The summed E-state index contributed by atoms with van der Waals surface area (Å²) in [5, 5.41) is 10.1. The highest BCUT2D eigenvalue weighted by atomic mass is 35.5. The van der Waals surface area contributed by atoms with Crippen LogP contribution >= 0.6 is 58.8 Å². The number of amides is 3. The summed E-state index contributed by atoms with van der Waals surface area (Å²) in [6.45, 7) is 17.1. The van der Waals surface area contributed by atoms with Gasteiger partial charge in [-0.25, -0.2) is 14.4 Å². The molecule has 3 aliphatic rings. The van der Waals surface area contributed by atoms with Crippen molar-refractivity contribution in [1.29, 1.82) is 0 Å². The summed E-state index contributed by atoms with van der Waals surface area (Å²) >= 11 is 24.6. The Hall–Kier alpha value is -5.66. The van der Waals surface area contributed by atoms with E-state index in [1.54, 1.807) is 73.8 Å². The Morgan fingerprint density at radius 3 is 0.968 bits per heavy atom. The summed E-state index contributed by atoms with van der Waals surface area (Å²) in [4.78, 5) is 116. The third-order valence-electron chi connectivity index (χ3n) is 18.3. The molecule has 23 heteroatoms. The molecule has 0 bridgehead atoms. The monoisotopic (exact) mass is 1430 g/mol. The number of Topliss-reactive ketones (excluding diaryl/α,β-unsaturated/α-hetero) is 3. The zero-order valence-corrected chi connectivity index (χ0v) is 61.6. The van der Waals surface area contributed by atoms with Gasteiger partial charge in [-0.3, -0.25) is 43.5 Å². The molecule has 0 heterocycles.